The van der Waals surface area contributed by atoms with Gasteiger partial charge in [0.25, 0.3) is 5.56 Å². The number of piperidine rings is 1. The van der Waals surface area contributed by atoms with Gasteiger partial charge in [-0.2, -0.15) is 0 Å². The average Bonchev–Trinajstić information content (AvgIpc) is 2.99. The van der Waals surface area contributed by atoms with E-state index >= 15 is 0 Å². The van der Waals surface area contributed by atoms with Gasteiger partial charge in [0.1, 0.15) is 16.4 Å². The van der Waals surface area contributed by atoms with E-state index in [-0.39, 0.29) is 11.6 Å². The molecule has 1 fully saturated rings. The van der Waals surface area contributed by atoms with E-state index in [0.29, 0.717) is 0 Å². The van der Waals surface area contributed by atoms with Gasteiger partial charge in [-0.05, 0) is 65.9 Å². The van der Waals surface area contributed by atoms with Gasteiger partial charge in [0, 0.05) is 22.0 Å². The van der Waals surface area contributed by atoms with E-state index in [1.54, 1.807) is 18.4 Å². The summed E-state index contributed by atoms with van der Waals surface area (Å²) >= 11 is 1.59. The minimum absolute atomic E-state index is 0.0833. The van der Waals surface area contributed by atoms with E-state index < -0.39 is 0 Å². The second kappa shape index (κ2) is 7.33. The van der Waals surface area contributed by atoms with Gasteiger partial charge in [-0.1, -0.05) is 11.6 Å². The number of hydrogen-bond donors (Lipinski definition) is 0. The summed E-state index contributed by atoms with van der Waals surface area (Å²) < 4.78 is 7.56. The molecule has 6 heteroatoms. The predicted octanol–water partition coefficient (Wildman–Crippen LogP) is 4.33. The first-order chi connectivity index (χ1) is 13.4. The normalized spacial score (nSPS) is 16.0. The van der Waals surface area contributed by atoms with Crippen LogP contribution >= 0.6 is 11.3 Å². The maximum atomic E-state index is 13.7. The van der Waals surface area contributed by atoms with Crippen molar-refractivity contribution in [3.8, 4) is 16.9 Å². The molecule has 1 aromatic carbocycles. The van der Waals surface area contributed by atoms with E-state index in [4.69, 9.17) is 9.72 Å². The number of nitrogens with zero attached hydrogens (tertiary/aromatic N) is 3. The van der Waals surface area contributed by atoms with Gasteiger partial charge in [0.05, 0.1) is 12.5 Å². The number of benzene rings is 1. The van der Waals surface area contributed by atoms with Crippen LogP contribution in [0.3, 0.4) is 0 Å². The number of thiophene rings is 1. The van der Waals surface area contributed by atoms with Gasteiger partial charge in [0.15, 0.2) is 0 Å². The molecule has 1 saturated heterocycles. The summed E-state index contributed by atoms with van der Waals surface area (Å²) in [5, 5.41) is 0.732. The number of methoxy groups -OCH3 is 1. The number of aryl methyl sites for hydroxylation is 3. The van der Waals surface area contributed by atoms with Crippen LogP contribution in [0.25, 0.3) is 21.3 Å². The zero-order valence-electron chi connectivity index (χ0n) is 17.2. The molecule has 0 aliphatic carbocycles. The van der Waals surface area contributed by atoms with Gasteiger partial charge >= 0.3 is 0 Å². The minimum atomic E-state index is 0.0833. The van der Waals surface area contributed by atoms with Crippen molar-refractivity contribution in [2.75, 3.05) is 27.2 Å². The van der Waals surface area contributed by atoms with Crippen LogP contribution < -0.4 is 10.3 Å². The largest absolute Gasteiger partial charge is 0.496 e. The topological polar surface area (TPSA) is 47.4 Å². The fourth-order valence-electron chi connectivity index (χ4n) is 4.30. The molecule has 3 heterocycles. The van der Waals surface area contributed by atoms with E-state index in [9.17, 15) is 4.79 Å². The van der Waals surface area contributed by atoms with Gasteiger partial charge in [-0.15, -0.1) is 11.3 Å². The summed E-state index contributed by atoms with van der Waals surface area (Å²) in [6, 6.07) is 6.33. The maximum Gasteiger partial charge on any atom is 0.263 e. The molecule has 1 aliphatic heterocycles. The summed E-state index contributed by atoms with van der Waals surface area (Å²) in [7, 11) is 3.81. The lowest BCUT2D eigenvalue weighted by atomic mass is 10.00. The van der Waals surface area contributed by atoms with Crippen molar-refractivity contribution in [3.63, 3.8) is 0 Å². The fraction of sp³-hybridized carbons (Fsp3) is 0.455. The molecular formula is C22H27N3O2S. The van der Waals surface area contributed by atoms with Crippen LogP contribution in [0, 0.1) is 20.8 Å². The Balaban J connectivity index is 1.97. The number of rotatable bonds is 3. The molecule has 0 N–H and O–H groups in total. The van der Waals surface area contributed by atoms with Gasteiger partial charge < -0.3 is 9.64 Å². The molecule has 0 saturated carbocycles. The third-order valence-corrected chi connectivity index (χ3v) is 6.79. The lowest BCUT2D eigenvalue weighted by Gasteiger charge is -2.31. The first kappa shape index (κ1) is 19.2. The smallest absolute Gasteiger partial charge is 0.263 e. The highest BCUT2D eigenvalue weighted by Crippen LogP contribution is 2.41. The van der Waals surface area contributed by atoms with Crippen molar-refractivity contribution in [1.82, 2.24) is 14.5 Å². The van der Waals surface area contributed by atoms with E-state index in [0.717, 1.165) is 69.3 Å². The van der Waals surface area contributed by atoms with Crippen LogP contribution in [0.1, 0.15) is 35.1 Å². The molecule has 5 nitrogen and oxygen atoms in total. The molecule has 148 valence electrons. The second-order valence-corrected chi connectivity index (χ2v) is 8.99. The Morgan fingerprint density at radius 3 is 2.57 bits per heavy atom. The van der Waals surface area contributed by atoms with Gasteiger partial charge in [-0.25, -0.2) is 4.98 Å². The number of aromatic nitrogens is 2. The molecule has 0 radical (unpaired) electrons. The Bertz CT molecular complexity index is 1090. The van der Waals surface area contributed by atoms with Gasteiger partial charge in [0.2, 0.25) is 0 Å². The number of likely N-dealkylation sites (tertiary alicyclic amines) is 1. The highest BCUT2D eigenvalue weighted by atomic mass is 32.1. The molecule has 0 unspecified atom stereocenters. The van der Waals surface area contributed by atoms with Crippen LogP contribution in [0.4, 0.5) is 0 Å². The Morgan fingerprint density at radius 2 is 1.89 bits per heavy atom. The molecule has 0 amide bonds. The lowest BCUT2D eigenvalue weighted by molar-refractivity contribution is 0.216. The highest BCUT2D eigenvalue weighted by molar-refractivity contribution is 7.19. The van der Waals surface area contributed by atoms with E-state index in [2.05, 4.69) is 31.9 Å². The summed E-state index contributed by atoms with van der Waals surface area (Å²) in [6.45, 7) is 8.11. The summed E-state index contributed by atoms with van der Waals surface area (Å²) in [5.74, 6) is 1.61. The molecular weight excluding hydrogens is 370 g/mol. The van der Waals surface area contributed by atoms with Crippen LogP contribution in [0.5, 0.6) is 5.75 Å². The predicted molar refractivity (Wildman–Crippen MR) is 116 cm³/mol. The SMILES string of the molecule is COc1ccc(C)cc1-c1c(C)sc2nc(C)n(C3CCN(C)CC3)c(=O)c12. The van der Waals surface area contributed by atoms with Gasteiger partial charge in [-0.3, -0.25) is 9.36 Å². The number of hydrogen-bond acceptors (Lipinski definition) is 5. The molecule has 0 atom stereocenters. The van der Waals surface area contributed by atoms with E-state index in [1.807, 2.05) is 23.6 Å². The monoisotopic (exact) mass is 397 g/mol. The summed E-state index contributed by atoms with van der Waals surface area (Å²) in [5.41, 5.74) is 3.17. The maximum absolute atomic E-state index is 13.7. The zero-order chi connectivity index (χ0) is 20.0. The van der Waals surface area contributed by atoms with Crippen LogP contribution in [0.2, 0.25) is 0 Å². The summed E-state index contributed by atoms with van der Waals surface area (Å²) in [6.07, 6.45) is 1.97. The van der Waals surface area contributed by atoms with Crippen molar-refractivity contribution in [1.29, 1.82) is 0 Å². The Labute approximate surface area is 169 Å². The Kier molecular flexibility index (Phi) is 5.02. The third-order valence-electron chi connectivity index (χ3n) is 5.79. The molecule has 0 spiro atoms. The second-order valence-electron chi connectivity index (χ2n) is 7.79. The first-order valence-electron chi connectivity index (χ1n) is 9.76. The molecule has 4 rings (SSSR count). The zero-order valence-corrected chi connectivity index (χ0v) is 18.0. The molecule has 3 aromatic rings. The first-order valence-corrected chi connectivity index (χ1v) is 10.6. The van der Waals surface area contributed by atoms with Crippen molar-refractivity contribution < 1.29 is 4.74 Å². The van der Waals surface area contributed by atoms with Crippen molar-refractivity contribution in [2.45, 2.75) is 39.7 Å². The molecule has 1 aliphatic rings. The molecule has 28 heavy (non-hydrogen) atoms. The highest BCUT2D eigenvalue weighted by Gasteiger charge is 2.25. The van der Waals surface area contributed by atoms with Crippen molar-refractivity contribution in [2.24, 2.45) is 0 Å². The van der Waals surface area contributed by atoms with Crippen molar-refractivity contribution >= 4 is 21.6 Å². The van der Waals surface area contributed by atoms with Crippen LogP contribution in [-0.4, -0.2) is 41.7 Å². The van der Waals surface area contributed by atoms with E-state index in [1.165, 1.54) is 0 Å². The minimum Gasteiger partial charge on any atom is -0.496 e. The quantitative estimate of drug-likeness (QED) is 0.660. The number of ether oxygens (including phenoxy) is 1. The third kappa shape index (κ3) is 3.14. The fourth-order valence-corrected chi connectivity index (χ4v) is 5.37. The number of fused-ring (bicyclic) bond motifs is 1. The lowest BCUT2D eigenvalue weighted by Crippen LogP contribution is -2.36. The molecule has 0 bridgehead atoms. The van der Waals surface area contributed by atoms with Crippen LogP contribution in [-0.2, 0) is 0 Å². The van der Waals surface area contributed by atoms with Crippen molar-refractivity contribution in [3.05, 3.63) is 44.8 Å². The average molecular weight is 398 g/mol. The Morgan fingerprint density at radius 1 is 1.18 bits per heavy atom. The van der Waals surface area contributed by atoms with Crippen LogP contribution in [0.15, 0.2) is 23.0 Å². The Hall–Kier alpha value is -2.18. The standard InChI is InChI=1S/C22H27N3O2S/c1-13-6-7-18(27-5)17(12-13)19-14(2)28-21-20(19)22(26)25(15(3)23-21)16-8-10-24(4)11-9-16/h6-7,12,16H,8-11H2,1-5H3. The molecule has 2 aromatic heterocycles. The summed E-state index contributed by atoms with van der Waals surface area (Å²) in [4.78, 5) is 22.8.